The first-order valence-corrected chi connectivity index (χ1v) is 14.9. The molecule has 0 aromatic rings. The lowest BCUT2D eigenvalue weighted by atomic mass is 9.43. The van der Waals surface area contributed by atoms with Gasteiger partial charge in [0.25, 0.3) is 0 Å². The van der Waals surface area contributed by atoms with Crippen molar-refractivity contribution in [2.24, 2.45) is 39.4 Å². The number of rotatable bonds is 5. The quantitative estimate of drug-likeness (QED) is 0.324. The van der Waals surface area contributed by atoms with Gasteiger partial charge in [0.1, 0.15) is 11.7 Å². The summed E-state index contributed by atoms with van der Waals surface area (Å²) in [7, 11) is 0. The van der Waals surface area contributed by atoms with Gasteiger partial charge in [-0.05, 0) is 87.4 Å². The van der Waals surface area contributed by atoms with Crippen LogP contribution in [0, 0.1) is 39.4 Å². The van der Waals surface area contributed by atoms with Gasteiger partial charge in [0.15, 0.2) is 0 Å². The fourth-order valence-corrected chi connectivity index (χ4v) is 10.6. The zero-order chi connectivity index (χ0) is 27.2. The highest BCUT2D eigenvalue weighted by molar-refractivity contribution is 5.83. The van der Waals surface area contributed by atoms with Crippen LogP contribution in [-0.4, -0.2) is 34.9 Å². The normalized spacial score (nSPS) is 45.0. The molecule has 1 spiro atoms. The molecule has 2 saturated carbocycles. The van der Waals surface area contributed by atoms with Gasteiger partial charge in [-0.2, -0.15) is 0 Å². The van der Waals surface area contributed by atoms with Crippen molar-refractivity contribution >= 4 is 11.9 Å². The molecule has 0 aromatic heterocycles. The Labute approximate surface area is 224 Å². The minimum absolute atomic E-state index is 0.00987. The fourth-order valence-electron chi connectivity index (χ4n) is 10.6. The topological polar surface area (TPSA) is 72.8 Å². The summed E-state index contributed by atoms with van der Waals surface area (Å²) in [4.78, 5) is 26.0. The zero-order valence-electron chi connectivity index (χ0n) is 24.5. The molecule has 208 valence electrons. The smallest absolute Gasteiger partial charge is 0.313 e. The van der Waals surface area contributed by atoms with E-state index >= 15 is 0 Å². The molecule has 0 bridgehead atoms. The number of cyclic esters (lactones) is 1. The number of esters is 2. The van der Waals surface area contributed by atoms with Crippen LogP contribution in [0.15, 0.2) is 11.1 Å². The van der Waals surface area contributed by atoms with Crippen LogP contribution in [0.1, 0.15) is 120 Å². The zero-order valence-corrected chi connectivity index (χ0v) is 24.5. The first-order chi connectivity index (χ1) is 17.1. The van der Waals surface area contributed by atoms with E-state index in [1.807, 2.05) is 0 Å². The van der Waals surface area contributed by atoms with Gasteiger partial charge < -0.3 is 14.6 Å². The molecule has 1 unspecified atom stereocenters. The van der Waals surface area contributed by atoms with Crippen LogP contribution in [0.25, 0.3) is 0 Å². The number of carbonyl (C=O) groups excluding carboxylic acids is 2. The Kier molecular flexibility index (Phi) is 6.30. The molecule has 0 radical (unpaired) electrons. The van der Waals surface area contributed by atoms with Gasteiger partial charge in [0.05, 0.1) is 11.5 Å². The van der Waals surface area contributed by atoms with Crippen molar-refractivity contribution in [3.05, 3.63) is 11.1 Å². The predicted molar refractivity (Wildman–Crippen MR) is 143 cm³/mol. The van der Waals surface area contributed by atoms with Gasteiger partial charge in [-0.3, -0.25) is 9.59 Å². The predicted octanol–water partition coefficient (Wildman–Crippen LogP) is 6.76. The number of ether oxygens (including phenoxy) is 2. The molecular weight excluding hydrogens is 464 g/mol. The molecule has 37 heavy (non-hydrogen) atoms. The molecule has 0 aromatic carbocycles. The van der Waals surface area contributed by atoms with Crippen molar-refractivity contribution < 1.29 is 24.2 Å². The van der Waals surface area contributed by atoms with Crippen LogP contribution < -0.4 is 0 Å². The van der Waals surface area contributed by atoms with Crippen molar-refractivity contribution in [2.45, 2.75) is 137 Å². The standard InChI is InChI=1S/C32H50O5/c1-19(2)17-21(36-20(3)33)18-31(8)25-12-15-30(7)23-9-10-24-28(4,5)26(34)13-14-29(24,6)22(23)11-16-32(25,30)27(35)37-31/h19,21,24-26,34H,9-18H2,1-8H3/t21?,24-,25+,26-,29+,30-,31-,32+/m0/s1. The molecule has 3 fully saturated rings. The summed E-state index contributed by atoms with van der Waals surface area (Å²) < 4.78 is 12.2. The van der Waals surface area contributed by atoms with Crippen LogP contribution in [0.4, 0.5) is 0 Å². The molecule has 5 nitrogen and oxygen atoms in total. The van der Waals surface area contributed by atoms with E-state index in [4.69, 9.17) is 9.47 Å². The van der Waals surface area contributed by atoms with Crippen LogP contribution >= 0.6 is 0 Å². The van der Waals surface area contributed by atoms with E-state index in [0.29, 0.717) is 18.3 Å². The highest BCUT2D eigenvalue weighted by atomic mass is 16.6. The summed E-state index contributed by atoms with van der Waals surface area (Å²) in [5, 5.41) is 10.9. The Bertz CT molecular complexity index is 1010. The molecule has 1 heterocycles. The lowest BCUT2D eigenvalue weighted by molar-refractivity contribution is -0.162. The first-order valence-electron chi connectivity index (χ1n) is 14.9. The number of hydrogen-bond acceptors (Lipinski definition) is 5. The molecular formula is C32H50O5. The summed E-state index contributed by atoms with van der Waals surface area (Å²) in [6.07, 6.45) is 8.72. The van der Waals surface area contributed by atoms with Gasteiger partial charge in [0.2, 0.25) is 0 Å². The van der Waals surface area contributed by atoms with E-state index in [0.717, 1.165) is 57.8 Å². The van der Waals surface area contributed by atoms with E-state index in [-0.39, 0.29) is 46.3 Å². The van der Waals surface area contributed by atoms with Gasteiger partial charge in [-0.15, -0.1) is 0 Å². The molecule has 1 aliphatic heterocycles. The van der Waals surface area contributed by atoms with Crippen molar-refractivity contribution in [3.63, 3.8) is 0 Å². The van der Waals surface area contributed by atoms with Crippen molar-refractivity contribution in [2.75, 3.05) is 0 Å². The summed E-state index contributed by atoms with van der Waals surface area (Å²) in [6.45, 7) is 17.2. The highest BCUT2D eigenvalue weighted by Gasteiger charge is 2.75. The monoisotopic (exact) mass is 514 g/mol. The second-order valence-corrected chi connectivity index (χ2v) is 15.0. The van der Waals surface area contributed by atoms with E-state index in [2.05, 4.69) is 48.5 Å². The third-order valence-corrected chi connectivity index (χ3v) is 12.3. The Morgan fingerprint density at radius 1 is 1.00 bits per heavy atom. The fraction of sp³-hybridized carbons (Fsp3) is 0.875. The Morgan fingerprint density at radius 2 is 1.70 bits per heavy atom. The maximum atomic E-state index is 14.1. The number of hydrogen-bond donors (Lipinski definition) is 1. The third kappa shape index (κ3) is 3.64. The maximum absolute atomic E-state index is 14.1. The summed E-state index contributed by atoms with van der Waals surface area (Å²) >= 11 is 0. The molecule has 5 aliphatic rings. The third-order valence-electron chi connectivity index (χ3n) is 12.3. The summed E-state index contributed by atoms with van der Waals surface area (Å²) in [5.74, 6) is 0.738. The van der Waals surface area contributed by atoms with Crippen LogP contribution in [0.5, 0.6) is 0 Å². The van der Waals surface area contributed by atoms with E-state index in [9.17, 15) is 14.7 Å². The molecule has 0 amide bonds. The largest absolute Gasteiger partial charge is 0.462 e. The number of allylic oxidation sites excluding steroid dienone is 2. The van der Waals surface area contributed by atoms with Crippen LogP contribution in [-0.2, 0) is 19.1 Å². The lowest BCUT2D eigenvalue weighted by Gasteiger charge is -2.61. The van der Waals surface area contributed by atoms with Crippen molar-refractivity contribution in [1.29, 1.82) is 0 Å². The van der Waals surface area contributed by atoms with Crippen LogP contribution in [0.2, 0.25) is 0 Å². The molecule has 5 heteroatoms. The maximum Gasteiger partial charge on any atom is 0.313 e. The highest BCUT2D eigenvalue weighted by Crippen LogP contribution is 2.75. The molecule has 1 N–H and O–H groups in total. The van der Waals surface area contributed by atoms with Crippen molar-refractivity contribution in [1.82, 2.24) is 0 Å². The number of carbonyl (C=O) groups is 2. The minimum Gasteiger partial charge on any atom is -0.462 e. The average molecular weight is 515 g/mol. The van der Waals surface area contributed by atoms with Gasteiger partial charge in [0, 0.05) is 24.7 Å². The van der Waals surface area contributed by atoms with Gasteiger partial charge in [-0.1, -0.05) is 52.7 Å². The second-order valence-electron chi connectivity index (χ2n) is 15.0. The van der Waals surface area contributed by atoms with Crippen LogP contribution in [0.3, 0.4) is 0 Å². The SMILES string of the molecule is CC(=O)OC(CC(C)C)C[C@]1(C)OC(=O)[C@]23CCC4=C(CC[C@H]5C(C)(C)[C@@H](O)CC[C@]45C)[C@]2(C)CC[C@@H]31. The Balaban J connectivity index is 1.51. The van der Waals surface area contributed by atoms with Gasteiger partial charge >= 0.3 is 11.9 Å². The Morgan fingerprint density at radius 3 is 2.35 bits per heavy atom. The second kappa shape index (κ2) is 8.57. The first kappa shape index (κ1) is 27.2. The minimum atomic E-state index is -0.611. The average Bonchev–Trinajstić information content (AvgIpc) is 3.20. The van der Waals surface area contributed by atoms with Gasteiger partial charge in [-0.25, -0.2) is 0 Å². The molecule has 1 saturated heterocycles. The number of fused-ring (bicyclic) bond motifs is 3. The molecule has 4 aliphatic carbocycles. The van der Waals surface area contributed by atoms with E-state index in [1.54, 1.807) is 11.1 Å². The molecule has 8 atom stereocenters. The van der Waals surface area contributed by atoms with Crippen molar-refractivity contribution in [3.8, 4) is 0 Å². The molecule has 5 rings (SSSR count). The summed E-state index contributed by atoms with van der Waals surface area (Å²) in [5.41, 5.74) is 1.90. The Hall–Kier alpha value is -1.36. The summed E-state index contributed by atoms with van der Waals surface area (Å²) in [6, 6.07) is 0. The number of aliphatic hydroxyl groups is 1. The van der Waals surface area contributed by atoms with E-state index < -0.39 is 11.0 Å². The van der Waals surface area contributed by atoms with E-state index in [1.165, 1.54) is 6.92 Å². The lowest BCUT2D eigenvalue weighted by Crippen LogP contribution is -2.56. The number of aliphatic hydroxyl groups excluding tert-OH is 1.